The number of rotatable bonds is 4. The first kappa shape index (κ1) is 22.0. The molecule has 0 bridgehead atoms. The summed E-state index contributed by atoms with van der Waals surface area (Å²) in [5.74, 6) is -0.322. The third-order valence-corrected chi connectivity index (χ3v) is 4.17. The Balaban J connectivity index is 0.000000181. The van der Waals surface area contributed by atoms with Crippen molar-refractivity contribution in [2.45, 2.75) is 0 Å². The number of carbonyl (C=O) groups excluding carboxylic acids is 2. The number of hydrogen-bond acceptors (Lipinski definition) is 6. The molecule has 2 aromatic carbocycles. The number of nitrogens with one attached hydrogen (secondary N) is 2. The highest BCUT2D eigenvalue weighted by atomic mass is 16.3. The highest BCUT2D eigenvalue weighted by Gasteiger charge is 2.08. The number of phenolic OH excluding ortho intramolecular Hbond substituents is 1. The summed E-state index contributed by atoms with van der Waals surface area (Å²) >= 11 is 0. The molecule has 0 unspecified atom stereocenters. The van der Waals surface area contributed by atoms with Gasteiger partial charge in [0.05, 0.1) is 29.3 Å². The summed E-state index contributed by atoms with van der Waals surface area (Å²) in [4.78, 5) is 31.3. The summed E-state index contributed by atoms with van der Waals surface area (Å²) in [7, 11) is 0. The fourth-order valence-corrected chi connectivity index (χ4v) is 2.59. The molecule has 160 valence electrons. The zero-order valence-corrected chi connectivity index (χ0v) is 17.0. The quantitative estimate of drug-likeness (QED) is 0.365. The fourth-order valence-electron chi connectivity index (χ4n) is 2.59. The van der Waals surface area contributed by atoms with Gasteiger partial charge in [0.15, 0.2) is 0 Å². The van der Waals surface area contributed by atoms with Crippen molar-refractivity contribution >= 4 is 28.9 Å². The van der Waals surface area contributed by atoms with Gasteiger partial charge in [0.25, 0.3) is 11.8 Å². The molecular weight excluding hydrogens is 406 g/mol. The van der Waals surface area contributed by atoms with Gasteiger partial charge in [-0.05, 0) is 60.7 Å². The van der Waals surface area contributed by atoms with E-state index in [1.165, 1.54) is 12.1 Å². The Morgan fingerprint density at radius 1 is 0.719 bits per heavy atom. The van der Waals surface area contributed by atoms with E-state index in [9.17, 15) is 9.59 Å². The minimum Gasteiger partial charge on any atom is -0.508 e. The summed E-state index contributed by atoms with van der Waals surface area (Å²) in [5.41, 5.74) is 8.40. The molecule has 0 saturated carbocycles. The summed E-state index contributed by atoms with van der Waals surface area (Å²) in [6.07, 6.45) is 6.43. The molecule has 2 amide bonds. The summed E-state index contributed by atoms with van der Waals surface area (Å²) in [5, 5.41) is 14.5. The van der Waals surface area contributed by atoms with E-state index in [2.05, 4.69) is 20.6 Å². The van der Waals surface area contributed by atoms with Crippen LogP contribution >= 0.6 is 0 Å². The number of phenols is 1. The van der Waals surface area contributed by atoms with Crippen molar-refractivity contribution in [3.8, 4) is 5.75 Å². The number of para-hydroxylation sites is 1. The average Bonchev–Trinajstić information content (AvgIpc) is 2.81. The van der Waals surface area contributed by atoms with Crippen LogP contribution in [0.2, 0.25) is 0 Å². The minimum atomic E-state index is -0.230. The maximum atomic E-state index is 11.8. The maximum Gasteiger partial charge on any atom is 0.257 e. The molecule has 0 spiro atoms. The molecule has 8 heteroatoms. The SMILES string of the molecule is Nc1ccccc1C(=O)Nc1cccnc1.O=C(Nc1cccnc1)c1ccc(O)cc1. The predicted molar refractivity (Wildman–Crippen MR) is 123 cm³/mol. The normalized spacial score (nSPS) is 9.75. The van der Waals surface area contributed by atoms with E-state index in [1.54, 1.807) is 85.5 Å². The fraction of sp³-hybridized carbons (Fsp3) is 0. The van der Waals surface area contributed by atoms with Gasteiger partial charge in [-0.15, -0.1) is 0 Å². The van der Waals surface area contributed by atoms with Gasteiger partial charge in [-0.3, -0.25) is 19.6 Å². The van der Waals surface area contributed by atoms with Crippen molar-refractivity contribution in [3.63, 3.8) is 0 Å². The summed E-state index contributed by atoms with van der Waals surface area (Å²) < 4.78 is 0. The van der Waals surface area contributed by atoms with E-state index in [0.29, 0.717) is 28.2 Å². The number of anilines is 3. The van der Waals surface area contributed by atoms with E-state index in [4.69, 9.17) is 10.8 Å². The molecule has 4 rings (SSSR count). The number of carbonyl (C=O) groups is 2. The minimum absolute atomic E-state index is 0.137. The molecular formula is C24H21N5O3. The van der Waals surface area contributed by atoms with E-state index >= 15 is 0 Å². The van der Waals surface area contributed by atoms with Gasteiger partial charge >= 0.3 is 0 Å². The molecule has 0 fully saturated rings. The maximum absolute atomic E-state index is 11.8. The van der Waals surface area contributed by atoms with Crippen LogP contribution in [-0.4, -0.2) is 26.9 Å². The van der Waals surface area contributed by atoms with Gasteiger partial charge in [0.1, 0.15) is 5.75 Å². The zero-order valence-electron chi connectivity index (χ0n) is 17.0. The standard InChI is InChI=1S/C12H11N3O.C12H10N2O2/c13-11-6-2-1-5-10(11)12(16)15-9-4-3-7-14-8-9;15-11-5-3-9(4-6-11)12(16)14-10-2-1-7-13-8-10/h1-8H,13H2,(H,15,16);1-8,15H,(H,14,16). The van der Waals surface area contributed by atoms with E-state index in [0.717, 1.165) is 0 Å². The van der Waals surface area contributed by atoms with Crippen LogP contribution in [0.15, 0.2) is 97.6 Å². The lowest BCUT2D eigenvalue weighted by Crippen LogP contribution is -2.13. The molecule has 32 heavy (non-hydrogen) atoms. The van der Waals surface area contributed by atoms with Crippen molar-refractivity contribution < 1.29 is 14.7 Å². The lowest BCUT2D eigenvalue weighted by Gasteiger charge is -2.06. The van der Waals surface area contributed by atoms with Crippen molar-refractivity contribution in [3.05, 3.63) is 109 Å². The first-order valence-corrected chi connectivity index (χ1v) is 9.59. The lowest BCUT2D eigenvalue weighted by molar-refractivity contribution is 0.101. The van der Waals surface area contributed by atoms with Crippen LogP contribution in [0.4, 0.5) is 17.1 Å². The van der Waals surface area contributed by atoms with Crippen LogP contribution in [0, 0.1) is 0 Å². The first-order valence-electron chi connectivity index (χ1n) is 9.59. The van der Waals surface area contributed by atoms with E-state index in [1.807, 2.05) is 0 Å². The number of nitrogen functional groups attached to an aromatic ring is 1. The average molecular weight is 427 g/mol. The molecule has 0 atom stereocenters. The number of hydrogen-bond donors (Lipinski definition) is 4. The number of nitrogens with zero attached hydrogens (tertiary/aromatic N) is 2. The summed E-state index contributed by atoms with van der Waals surface area (Å²) in [6.45, 7) is 0. The molecule has 0 saturated heterocycles. The molecule has 8 nitrogen and oxygen atoms in total. The number of aromatic nitrogens is 2. The Morgan fingerprint density at radius 2 is 1.28 bits per heavy atom. The second-order valence-corrected chi connectivity index (χ2v) is 6.53. The first-order chi connectivity index (χ1) is 15.5. The molecule has 0 aliphatic rings. The Kier molecular flexibility index (Phi) is 7.48. The van der Waals surface area contributed by atoms with E-state index < -0.39 is 0 Å². The predicted octanol–water partition coefficient (Wildman–Crippen LogP) is 3.96. The molecule has 5 N–H and O–H groups in total. The van der Waals surface area contributed by atoms with Crippen molar-refractivity contribution in [2.24, 2.45) is 0 Å². The third kappa shape index (κ3) is 6.39. The van der Waals surface area contributed by atoms with Gasteiger partial charge in [-0.2, -0.15) is 0 Å². The van der Waals surface area contributed by atoms with Crippen LogP contribution in [0.25, 0.3) is 0 Å². The van der Waals surface area contributed by atoms with Gasteiger partial charge in [0.2, 0.25) is 0 Å². The second kappa shape index (κ2) is 10.9. The van der Waals surface area contributed by atoms with E-state index in [-0.39, 0.29) is 17.6 Å². The highest BCUT2D eigenvalue weighted by Crippen LogP contribution is 2.13. The molecule has 2 aromatic heterocycles. The second-order valence-electron chi connectivity index (χ2n) is 6.53. The van der Waals surface area contributed by atoms with Crippen LogP contribution in [-0.2, 0) is 0 Å². The Labute approximate surface area is 184 Å². The van der Waals surface area contributed by atoms with Crippen molar-refractivity contribution in [1.29, 1.82) is 0 Å². The van der Waals surface area contributed by atoms with Crippen molar-refractivity contribution in [2.75, 3.05) is 16.4 Å². The summed E-state index contributed by atoms with van der Waals surface area (Å²) in [6, 6.07) is 20.0. The molecule has 2 heterocycles. The van der Waals surface area contributed by atoms with Gasteiger partial charge in [-0.1, -0.05) is 12.1 Å². The third-order valence-electron chi connectivity index (χ3n) is 4.17. The lowest BCUT2D eigenvalue weighted by atomic mass is 10.1. The van der Waals surface area contributed by atoms with Crippen LogP contribution < -0.4 is 16.4 Å². The molecule has 0 radical (unpaired) electrons. The number of pyridine rings is 2. The topological polar surface area (TPSA) is 130 Å². The Hall–Kier alpha value is -4.72. The Morgan fingerprint density at radius 3 is 1.81 bits per heavy atom. The molecule has 0 aliphatic heterocycles. The smallest absolute Gasteiger partial charge is 0.257 e. The Bertz CT molecular complexity index is 1170. The number of benzene rings is 2. The number of amides is 2. The van der Waals surface area contributed by atoms with Crippen LogP contribution in [0.5, 0.6) is 5.75 Å². The monoisotopic (exact) mass is 427 g/mol. The molecule has 0 aliphatic carbocycles. The number of aromatic hydroxyl groups is 1. The molecule has 4 aromatic rings. The van der Waals surface area contributed by atoms with Gasteiger partial charge < -0.3 is 21.5 Å². The van der Waals surface area contributed by atoms with Gasteiger partial charge in [0, 0.05) is 23.6 Å². The highest BCUT2D eigenvalue weighted by molar-refractivity contribution is 6.07. The van der Waals surface area contributed by atoms with Crippen LogP contribution in [0.1, 0.15) is 20.7 Å². The van der Waals surface area contributed by atoms with Crippen molar-refractivity contribution in [1.82, 2.24) is 9.97 Å². The van der Waals surface area contributed by atoms with Gasteiger partial charge in [-0.25, -0.2) is 0 Å². The largest absolute Gasteiger partial charge is 0.508 e. The number of nitrogens with two attached hydrogens (primary N) is 1. The van der Waals surface area contributed by atoms with Crippen LogP contribution in [0.3, 0.4) is 0 Å². The zero-order chi connectivity index (χ0) is 22.8.